The molecule has 0 aliphatic rings. The van der Waals surface area contributed by atoms with Crippen LogP contribution in [0.5, 0.6) is 0 Å². The number of aromatic nitrogens is 1. The van der Waals surface area contributed by atoms with Gasteiger partial charge in [0.05, 0.1) is 16.3 Å². The van der Waals surface area contributed by atoms with Crippen LogP contribution in [0.2, 0.25) is 0 Å². The molecule has 0 atom stereocenters. The molecule has 5 aromatic rings. The minimum absolute atomic E-state index is 0.117. The molecule has 32 heavy (non-hydrogen) atoms. The molecule has 0 amide bonds. The average molecular weight is 436 g/mol. The van der Waals surface area contributed by atoms with E-state index in [0.717, 1.165) is 5.56 Å². The molecule has 0 radical (unpaired) electrons. The number of hydrogen-bond acceptors (Lipinski definition) is 0. The van der Waals surface area contributed by atoms with E-state index in [-0.39, 0.29) is 10.9 Å². The Morgan fingerprint density at radius 1 is 0.531 bits per heavy atom. The Labute approximate surface area is 180 Å². The fourth-order valence-electron chi connectivity index (χ4n) is 4.14. The zero-order valence-electron chi connectivity index (χ0n) is 16.8. The molecule has 1 aromatic heterocycles. The van der Waals surface area contributed by atoms with Crippen molar-refractivity contribution in [2.75, 3.05) is 0 Å². The Kier molecular flexibility index (Phi) is 4.66. The Hall–Kier alpha value is -3.80. The highest BCUT2D eigenvalue weighted by molar-refractivity contribution is 6.07. The monoisotopic (exact) mass is 436 g/mol. The van der Waals surface area contributed by atoms with Crippen molar-refractivity contribution < 1.29 is 26.5 Å². The molecule has 0 unspecified atom stereocenters. The maximum Gasteiger partial charge on any atom is 0.219 e. The second-order valence-corrected chi connectivity index (χ2v) is 7.61. The van der Waals surface area contributed by atoms with Gasteiger partial charge < -0.3 is 0 Å². The minimum Gasteiger partial charge on any atom is -0.207 e. The first-order valence-electron chi connectivity index (χ1n) is 9.82. The fraction of sp³-hybridized carbons (Fsp3) is 0.0385. The number of halogens is 5. The van der Waals surface area contributed by atoms with E-state index in [4.69, 9.17) is 0 Å². The van der Waals surface area contributed by atoms with Gasteiger partial charge in [-0.3, -0.25) is 0 Å². The van der Waals surface area contributed by atoms with Gasteiger partial charge in [-0.15, -0.1) is 0 Å². The lowest BCUT2D eigenvalue weighted by Crippen LogP contribution is -2.33. The molecule has 158 valence electrons. The lowest BCUT2D eigenvalue weighted by Gasteiger charge is -2.14. The first-order valence-corrected chi connectivity index (χ1v) is 9.82. The third-order valence-corrected chi connectivity index (χ3v) is 5.47. The summed E-state index contributed by atoms with van der Waals surface area (Å²) >= 11 is 0. The second-order valence-electron chi connectivity index (χ2n) is 7.61. The lowest BCUT2D eigenvalue weighted by atomic mass is 9.93. The van der Waals surface area contributed by atoms with Crippen LogP contribution < -0.4 is 4.57 Å². The van der Waals surface area contributed by atoms with Crippen LogP contribution in [0.1, 0.15) is 5.56 Å². The predicted octanol–water partition coefficient (Wildman–Crippen LogP) is 6.94. The van der Waals surface area contributed by atoms with Crippen molar-refractivity contribution in [1.82, 2.24) is 0 Å². The van der Waals surface area contributed by atoms with Gasteiger partial charge in [-0.2, -0.15) is 4.57 Å². The van der Waals surface area contributed by atoms with Crippen LogP contribution in [0.3, 0.4) is 0 Å². The predicted molar refractivity (Wildman–Crippen MR) is 113 cm³/mol. The van der Waals surface area contributed by atoms with Gasteiger partial charge in [0.1, 0.15) is 29.1 Å². The van der Waals surface area contributed by atoms with Crippen molar-refractivity contribution >= 4 is 21.8 Å². The SMILES string of the molecule is Cc1ccc2c(c1)c(-c1c(F)cc(F)cc1F)c1cc(F)ccc1[n+]2-c1ccc(F)cc1. The summed E-state index contributed by atoms with van der Waals surface area (Å²) in [5.41, 5.74) is 2.09. The Morgan fingerprint density at radius 3 is 1.75 bits per heavy atom. The molecule has 0 aliphatic carbocycles. The largest absolute Gasteiger partial charge is 0.219 e. The molecule has 0 fully saturated rings. The van der Waals surface area contributed by atoms with Crippen LogP contribution in [0.25, 0.3) is 38.6 Å². The maximum atomic E-state index is 14.9. The summed E-state index contributed by atoms with van der Waals surface area (Å²) in [6.45, 7) is 1.82. The van der Waals surface area contributed by atoms with Gasteiger partial charge in [-0.25, -0.2) is 22.0 Å². The number of pyridine rings is 1. The standard InChI is InChI=1S/C26H15F5N/c1-14-2-8-23-19(10-14)25(26-21(30)12-17(29)13-22(26)31)20-11-16(28)5-9-24(20)32(23)18-6-3-15(27)4-7-18/h2-13H,1H3/q+1. The van der Waals surface area contributed by atoms with Crippen LogP contribution in [-0.4, -0.2) is 0 Å². The molecule has 4 aromatic carbocycles. The van der Waals surface area contributed by atoms with Crippen molar-refractivity contribution in [3.05, 3.63) is 107 Å². The van der Waals surface area contributed by atoms with Crippen LogP contribution in [-0.2, 0) is 0 Å². The molecular formula is C26H15F5N+. The van der Waals surface area contributed by atoms with Crippen LogP contribution in [0.15, 0.2) is 72.8 Å². The first-order chi connectivity index (χ1) is 15.3. The van der Waals surface area contributed by atoms with E-state index in [2.05, 4.69) is 0 Å². The number of nitrogens with zero attached hydrogens (tertiary/aromatic N) is 1. The molecule has 0 saturated heterocycles. The molecule has 6 heteroatoms. The first kappa shape index (κ1) is 20.1. The average Bonchev–Trinajstić information content (AvgIpc) is 2.74. The number of benzene rings is 4. The molecule has 0 saturated carbocycles. The summed E-state index contributed by atoms with van der Waals surface area (Å²) in [4.78, 5) is 0. The van der Waals surface area contributed by atoms with E-state index in [1.54, 1.807) is 28.8 Å². The summed E-state index contributed by atoms with van der Waals surface area (Å²) in [5.74, 6) is -4.24. The van der Waals surface area contributed by atoms with E-state index in [1.807, 2.05) is 13.0 Å². The van der Waals surface area contributed by atoms with Gasteiger partial charge in [0.25, 0.3) is 0 Å². The van der Waals surface area contributed by atoms with E-state index >= 15 is 0 Å². The highest BCUT2D eigenvalue weighted by Crippen LogP contribution is 2.38. The van der Waals surface area contributed by atoms with Crippen LogP contribution in [0, 0.1) is 36.0 Å². The van der Waals surface area contributed by atoms with Gasteiger partial charge >= 0.3 is 0 Å². The highest BCUT2D eigenvalue weighted by Gasteiger charge is 2.27. The van der Waals surface area contributed by atoms with Crippen LogP contribution >= 0.6 is 0 Å². The maximum absolute atomic E-state index is 14.9. The smallest absolute Gasteiger partial charge is 0.207 e. The quantitative estimate of drug-likeness (QED) is 0.160. The van der Waals surface area contributed by atoms with E-state index in [1.165, 1.54) is 30.3 Å². The van der Waals surface area contributed by atoms with Crippen molar-refractivity contribution in [2.45, 2.75) is 6.92 Å². The summed E-state index contributed by atoms with van der Waals surface area (Å²) in [6.07, 6.45) is 0. The summed E-state index contributed by atoms with van der Waals surface area (Å²) in [5, 5.41) is 0.675. The summed E-state index contributed by atoms with van der Waals surface area (Å²) in [6, 6.07) is 16.2. The van der Waals surface area contributed by atoms with Crippen molar-refractivity contribution in [3.8, 4) is 16.8 Å². The summed E-state index contributed by atoms with van der Waals surface area (Å²) < 4.78 is 73.1. The molecule has 0 aliphatic heterocycles. The Bertz CT molecular complexity index is 1440. The molecule has 0 spiro atoms. The molecule has 5 rings (SSSR count). The van der Waals surface area contributed by atoms with Crippen molar-refractivity contribution in [3.63, 3.8) is 0 Å². The van der Waals surface area contributed by atoms with Crippen LogP contribution in [0.4, 0.5) is 22.0 Å². The second kappa shape index (κ2) is 7.41. The fourth-order valence-corrected chi connectivity index (χ4v) is 4.14. The third kappa shape index (κ3) is 3.19. The number of hydrogen-bond donors (Lipinski definition) is 0. The summed E-state index contributed by atoms with van der Waals surface area (Å²) in [7, 11) is 0. The zero-order chi connectivity index (χ0) is 22.6. The van der Waals surface area contributed by atoms with Gasteiger partial charge in [0.15, 0.2) is 0 Å². The minimum atomic E-state index is -1.09. The van der Waals surface area contributed by atoms with Gasteiger partial charge in [-0.1, -0.05) is 11.6 Å². The zero-order valence-corrected chi connectivity index (χ0v) is 16.8. The van der Waals surface area contributed by atoms with Gasteiger partial charge in [0.2, 0.25) is 16.7 Å². The Morgan fingerprint density at radius 2 is 1.09 bits per heavy atom. The topological polar surface area (TPSA) is 3.88 Å². The third-order valence-electron chi connectivity index (χ3n) is 5.47. The number of aryl methyl sites for hydroxylation is 1. The Balaban J connectivity index is 2.04. The molecule has 1 nitrogen and oxygen atoms in total. The molecule has 0 N–H and O–H groups in total. The number of fused-ring (bicyclic) bond motifs is 2. The lowest BCUT2D eigenvalue weighted by molar-refractivity contribution is -0.538. The number of rotatable bonds is 2. The van der Waals surface area contributed by atoms with Crippen molar-refractivity contribution in [2.24, 2.45) is 0 Å². The van der Waals surface area contributed by atoms with E-state index < -0.39 is 34.6 Å². The van der Waals surface area contributed by atoms with Crippen molar-refractivity contribution in [1.29, 1.82) is 0 Å². The van der Waals surface area contributed by atoms with Gasteiger partial charge in [-0.05, 0) is 37.3 Å². The van der Waals surface area contributed by atoms with E-state index in [0.29, 0.717) is 34.2 Å². The van der Waals surface area contributed by atoms with Gasteiger partial charge in [0, 0.05) is 42.0 Å². The molecule has 0 bridgehead atoms. The highest BCUT2D eigenvalue weighted by atomic mass is 19.2. The molecule has 1 heterocycles. The normalized spacial score (nSPS) is 11.4. The van der Waals surface area contributed by atoms with E-state index in [9.17, 15) is 22.0 Å². The molecular weight excluding hydrogens is 421 g/mol.